The number of para-hydroxylation sites is 4. The lowest BCUT2D eigenvalue weighted by Crippen LogP contribution is -2.09. The lowest BCUT2D eigenvalue weighted by Gasteiger charge is -2.13. The number of hydrogen-bond donors (Lipinski definition) is 0. The van der Waals surface area contributed by atoms with Crippen molar-refractivity contribution in [2.45, 2.75) is 39.3 Å². The Labute approximate surface area is 190 Å². The predicted molar refractivity (Wildman–Crippen MR) is 130 cm³/mol. The topological polar surface area (TPSA) is 36.3 Å². The Kier molecular flexibility index (Phi) is 7.23. The van der Waals surface area contributed by atoms with E-state index in [4.69, 9.17) is 14.5 Å². The molecule has 0 saturated heterocycles. The molecule has 0 saturated carbocycles. The van der Waals surface area contributed by atoms with E-state index in [1.165, 1.54) is 5.56 Å². The van der Waals surface area contributed by atoms with Crippen LogP contribution in [0.3, 0.4) is 0 Å². The zero-order chi connectivity index (χ0) is 22.2. The fourth-order valence-corrected chi connectivity index (χ4v) is 3.87. The van der Waals surface area contributed by atoms with Crippen molar-refractivity contribution in [1.82, 2.24) is 9.55 Å². The molecule has 0 aliphatic rings. The van der Waals surface area contributed by atoms with Crippen molar-refractivity contribution in [3.63, 3.8) is 0 Å². The van der Waals surface area contributed by atoms with Crippen molar-refractivity contribution < 1.29 is 9.47 Å². The highest BCUT2D eigenvalue weighted by atomic mass is 16.5. The van der Waals surface area contributed by atoms with Gasteiger partial charge in [-0.2, -0.15) is 0 Å². The highest BCUT2D eigenvalue weighted by molar-refractivity contribution is 5.75. The molecule has 4 heteroatoms. The quantitative estimate of drug-likeness (QED) is 0.203. The first-order chi connectivity index (χ1) is 15.8. The number of benzene rings is 3. The van der Waals surface area contributed by atoms with Crippen LogP contribution in [0.25, 0.3) is 11.0 Å². The van der Waals surface area contributed by atoms with E-state index in [0.29, 0.717) is 13.2 Å². The van der Waals surface area contributed by atoms with Gasteiger partial charge < -0.3 is 14.0 Å². The molecule has 4 aromatic rings. The van der Waals surface area contributed by atoms with Gasteiger partial charge in [0.25, 0.3) is 0 Å². The van der Waals surface area contributed by atoms with Gasteiger partial charge in [-0.3, -0.25) is 0 Å². The standard InChI is InChI=1S/C28H30N2O2/c1-3-12-23-14-5-9-18-27(23)32-21-28-29-24-15-6-7-16-25(24)30(28)19-10-11-20-31-26-17-8-4-13-22(26)2/h3-9,13-18H,1,10-12,19-21H2,2H3. The second-order valence-corrected chi connectivity index (χ2v) is 7.88. The van der Waals surface area contributed by atoms with Crippen molar-refractivity contribution in [1.29, 1.82) is 0 Å². The maximum Gasteiger partial charge on any atom is 0.147 e. The van der Waals surface area contributed by atoms with Gasteiger partial charge in [-0.25, -0.2) is 4.98 Å². The van der Waals surface area contributed by atoms with Gasteiger partial charge in [-0.1, -0.05) is 54.6 Å². The first-order valence-electron chi connectivity index (χ1n) is 11.2. The number of unbranched alkanes of at least 4 members (excludes halogenated alkanes) is 1. The van der Waals surface area contributed by atoms with Gasteiger partial charge in [0.1, 0.15) is 23.9 Å². The van der Waals surface area contributed by atoms with Crippen LogP contribution in [0.2, 0.25) is 0 Å². The van der Waals surface area contributed by atoms with E-state index in [-0.39, 0.29) is 0 Å². The largest absolute Gasteiger partial charge is 0.493 e. The van der Waals surface area contributed by atoms with E-state index in [0.717, 1.165) is 59.7 Å². The first kappa shape index (κ1) is 21.7. The fourth-order valence-electron chi connectivity index (χ4n) is 3.87. The number of hydrogen-bond acceptors (Lipinski definition) is 3. The molecule has 1 heterocycles. The van der Waals surface area contributed by atoms with Crippen LogP contribution in [0.15, 0.2) is 85.5 Å². The number of nitrogens with zero attached hydrogens (tertiary/aromatic N) is 2. The molecule has 0 radical (unpaired) electrons. The molecular weight excluding hydrogens is 396 g/mol. The van der Waals surface area contributed by atoms with Crippen molar-refractivity contribution in [3.05, 3.63) is 102 Å². The van der Waals surface area contributed by atoms with Gasteiger partial charge in [0, 0.05) is 6.54 Å². The Bertz CT molecular complexity index is 1180. The third-order valence-corrected chi connectivity index (χ3v) is 5.55. The zero-order valence-corrected chi connectivity index (χ0v) is 18.7. The minimum absolute atomic E-state index is 0.433. The average Bonchev–Trinajstić information content (AvgIpc) is 3.17. The molecule has 164 valence electrons. The van der Waals surface area contributed by atoms with Gasteiger partial charge in [-0.15, -0.1) is 6.58 Å². The van der Waals surface area contributed by atoms with E-state index in [2.05, 4.69) is 48.4 Å². The van der Waals surface area contributed by atoms with Crippen molar-refractivity contribution in [2.75, 3.05) is 6.61 Å². The monoisotopic (exact) mass is 426 g/mol. The number of fused-ring (bicyclic) bond motifs is 1. The van der Waals surface area contributed by atoms with E-state index in [1.54, 1.807) is 0 Å². The van der Waals surface area contributed by atoms with E-state index >= 15 is 0 Å². The van der Waals surface area contributed by atoms with Crippen LogP contribution >= 0.6 is 0 Å². The van der Waals surface area contributed by atoms with Crippen molar-refractivity contribution in [3.8, 4) is 11.5 Å². The Balaban J connectivity index is 1.41. The maximum atomic E-state index is 6.19. The molecule has 0 unspecified atom stereocenters. The van der Waals surface area contributed by atoms with Crippen LogP contribution in [0.5, 0.6) is 11.5 Å². The number of imidazole rings is 1. The number of rotatable bonds is 11. The Hall–Kier alpha value is -3.53. The first-order valence-corrected chi connectivity index (χ1v) is 11.2. The molecule has 0 aliphatic carbocycles. The molecule has 0 bridgehead atoms. The summed E-state index contributed by atoms with van der Waals surface area (Å²) in [6.07, 6.45) is 4.67. The molecule has 3 aromatic carbocycles. The molecule has 0 atom stereocenters. The summed E-state index contributed by atoms with van der Waals surface area (Å²) in [6.45, 7) is 7.94. The molecule has 1 aromatic heterocycles. The molecular formula is C28H30N2O2. The third kappa shape index (κ3) is 5.20. The van der Waals surface area contributed by atoms with E-state index < -0.39 is 0 Å². The molecule has 0 amide bonds. The summed E-state index contributed by atoms with van der Waals surface area (Å²) >= 11 is 0. The predicted octanol–water partition coefficient (Wildman–Crippen LogP) is 6.51. The normalized spacial score (nSPS) is 10.9. The lowest BCUT2D eigenvalue weighted by atomic mass is 10.1. The number of aromatic nitrogens is 2. The second-order valence-electron chi connectivity index (χ2n) is 7.88. The summed E-state index contributed by atoms with van der Waals surface area (Å²) in [6, 6.07) is 24.5. The van der Waals surface area contributed by atoms with E-state index in [9.17, 15) is 0 Å². The van der Waals surface area contributed by atoms with Crippen molar-refractivity contribution >= 4 is 11.0 Å². The maximum absolute atomic E-state index is 6.19. The lowest BCUT2D eigenvalue weighted by molar-refractivity contribution is 0.283. The third-order valence-electron chi connectivity index (χ3n) is 5.55. The van der Waals surface area contributed by atoms with Gasteiger partial charge in [0.2, 0.25) is 0 Å². The summed E-state index contributed by atoms with van der Waals surface area (Å²) < 4.78 is 14.4. The van der Waals surface area contributed by atoms with Gasteiger partial charge in [0.05, 0.1) is 17.6 Å². The summed E-state index contributed by atoms with van der Waals surface area (Å²) in [7, 11) is 0. The molecule has 0 fully saturated rings. The summed E-state index contributed by atoms with van der Waals surface area (Å²) in [5.74, 6) is 2.80. The molecule has 0 aliphatic heterocycles. The summed E-state index contributed by atoms with van der Waals surface area (Å²) in [5.41, 5.74) is 4.45. The fraction of sp³-hybridized carbons (Fsp3) is 0.250. The van der Waals surface area contributed by atoms with Crippen LogP contribution in [0, 0.1) is 6.92 Å². The molecule has 4 rings (SSSR count). The average molecular weight is 427 g/mol. The molecule has 32 heavy (non-hydrogen) atoms. The molecule has 0 N–H and O–H groups in total. The van der Waals surface area contributed by atoms with Crippen LogP contribution in [0.4, 0.5) is 0 Å². The Morgan fingerprint density at radius 2 is 1.62 bits per heavy atom. The number of allylic oxidation sites excluding steroid dienone is 1. The summed E-state index contributed by atoms with van der Waals surface area (Å²) in [5, 5.41) is 0. The minimum atomic E-state index is 0.433. The van der Waals surface area contributed by atoms with Gasteiger partial charge in [-0.05, 0) is 61.6 Å². The second kappa shape index (κ2) is 10.7. The van der Waals surface area contributed by atoms with Crippen LogP contribution < -0.4 is 9.47 Å². The van der Waals surface area contributed by atoms with Crippen LogP contribution in [-0.4, -0.2) is 16.2 Å². The number of ether oxygens (including phenoxy) is 2. The highest BCUT2D eigenvalue weighted by Gasteiger charge is 2.12. The van der Waals surface area contributed by atoms with E-state index in [1.807, 2.05) is 48.5 Å². The van der Waals surface area contributed by atoms with Crippen molar-refractivity contribution in [2.24, 2.45) is 0 Å². The SMILES string of the molecule is C=CCc1ccccc1OCc1nc2ccccc2n1CCCCOc1ccccc1C. The number of aryl methyl sites for hydroxylation is 2. The van der Waals surface area contributed by atoms with Crippen LogP contribution in [-0.2, 0) is 19.6 Å². The Morgan fingerprint density at radius 1 is 0.875 bits per heavy atom. The Morgan fingerprint density at radius 3 is 2.47 bits per heavy atom. The van der Waals surface area contributed by atoms with Crippen LogP contribution in [0.1, 0.15) is 29.8 Å². The summed E-state index contributed by atoms with van der Waals surface area (Å²) in [4.78, 5) is 4.85. The van der Waals surface area contributed by atoms with Gasteiger partial charge in [0.15, 0.2) is 0 Å². The smallest absolute Gasteiger partial charge is 0.147 e. The zero-order valence-electron chi connectivity index (χ0n) is 18.7. The highest BCUT2D eigenvalue weighted by Crippen LogP contribution is 2.23. The molecule has 4 nitrogen and oxygen atoms in total. The molecule has 0 spiro atoms. The van der Waals surface area contributed by atoms with Gasteiger partial charge >= 0.3 is 0 Å². The minimum Gasteiger partial charge on any atom is -0.493 e.